The first-order valence-corrected chi connectivity index (χ1v) is 6.57. The van der Waals surface area contributed by atoms with E-state index in [2.05, 4.69) is 36.1 Å². The van der Waals surface area contributed by atoms with Crippen LogP contribution in [0.3, 0.4) is 0 Å². The third-order valence-electron chi connectivity index (χ3n) is 2.54. The minimum Gasteiger partial charge on any atom is -0.308 e. The van der Waals surface area contributed by atoms with Crippen molar-refractivity contribution in [1.82, 2.24) is 15.1 Å². The molecule has 0 aliphatic carbocycles. The van der Waals surface area contributed by atoms with E-state index in [9.17, 15) is 0 Å². The van der Waals surface area contributed by atoms with Crippen LogP contribution < -0.4 is 5.32 Å². The van der Waals surface area contributed by atoms with E-state index >= 15 is 0 Å². The Morgan fingerprint density at radius 1 is 1.41 bits per heavy atom. The lowest BCUT2D eigenvalue weighted by Gasteiger charge is -1.99. The van der Waals surface area contributed by atoms with Gasteiger partial charge in [-0.05, 0) is 18.6 Å². The molecular formula is C13H17N3S. The maximum Gasteiger partial charge on any atom is 0.0538 e. The van der Waals surface area contributed by atoms with Gasteiger partial charge in [0.15, 0.2) is 0 Å². The van der Waals surface area contributed by atoms with E-state index < -0.39 is 0 Å². The van der Waals surface area contributed by atoms with Gasteiger partial charge in [-0.2, -0.15) is 5.10 Å². The molecule has 0 aliphatic rings. The SMILES string of the molecule is C=Cn1cc(CNCc2ccc(CC)s2)cn1. The number of aromatic nitrogens is 2. The quantitative estimate of drug-likeness (QED) is 0.850. The summed E-state index contributed by atoms with van der Waals surface area (Å²) < 4.78 is 1.72. The molecule has 2 aromatic heterocycles. The molecule has 4 heteroatoms. The Balaban J connectivity index is 1.80. The molecule has 0 aromatic carbocycles. The van der Waals surface area contributed by atoms with Crippen molar-refractivity contribution in [2.24, 2.45) is 0 Å². The highest BCUT2D eigenvalue weighted by atomic mass is 32.1. The van der Waals surface area contributed by atoms with Crippen LogP contribution in [0.5, 0.6) is 0 Å². The van der Waals surface area contributed by atoms with Gasteiger partial charge >= 0.3 is 0 Å². The molecule has 2 heterocycles. The zero-order valence-electron chi connectivity index (χ0n) is 10.0. The summed E-state index contributed by atoms with van der Waals surface area (Å²) in [6.07, 6.45) is 6.65. The second-order valence-corrected chi connectivity index (χ2v) is 5.09. The van der Waals surface area contributed by atoms with Crippen molar-refractivity contribution in [2.45, 2.75) is 26.4 Å². The first-order chi connectivity index (χ1) is 8.31. The minimum absolute atomic E-state index is 0.840. The summed E-state index contributed by atoms with van der Waals surface area (Å²) in [7, 11) is 0. The predicted octanol–water partition coefficient (Wildman–Crippen LogP) is 2.90. The third kappa shape index (κ3) is 3.28. The molecular weight excluding hydrogens is 230 g/mol. The van der Waals surface area contributed by atoms with Crippen LogP contribution in [0.4, 0.5) is 0 Å². The predicted molar refractivity (Wildman–Crippen MR) is 72.9 cm³/mol. The first-order valence-electron chi connectivity index (χ1n) is 5.75. The Hall–Kier alpha value is -1.39. The van der Waals surface area contributed by atoms with Gasteiger partial charge in [0.25, 0.3) is 0 Å². The summed E-state index contributed by atoms with van der Waals surface area (Å²) >= 11 is 1.88. The molecule has 0 unspecified atom stereocenters. The van der Waals surface area contributed by atoms with Crippen LogP contribution in [0.25, 0.3) is 6.20 Å². The zero-order chi connectivity index (χ0) is 12.1. The van der Waals surface area contributed by atoms with Crippen LogP contribution in [0.1, 0.15) is 22.2 Å². The largest absolute Gasteiger partial charge is 0.308 e. The molecule has 0 spiro atoms. The molecule has 2 aromatic rings. The van der Waals surface area contributed by atoms with Crippen molar-refractivity contribution in [2.75, 3.05) is 0 Å². The van der Waals surface area contributed by atoms with Crippen LogP contribution in [-0.2, 0) is 19.5 Å². The highest BCUT2D eigenvalue weighted by Crippen LogP contribution is 2.16. The number of aryl methyl sites for hydroxylation is 1. The maximum atomic E-state index is 4.14. The van der Waals surface area contributed by atoms with Gasteiger partial charge in [-0.1, -0.05) is 13.5 Å². The highest BCUT2D eigenvalue weighted by Gasteiger charge is 1.99. The molecule has 1 N–H and O–H groups in total. The van der Waals surface area contributed by atoms with E-state index in [4.69, 9.17) is 0 Å². The Bertz CT molecular complexity index is 484. The summed E-state index contributed by atoms with van der Waals surface area (Å²) in [6.45, 7) is 7.61. The lowest BCUT2D eigenvalue weighted by atomic mass is 10.3. The fraction of sp³-hybridized carbons (Fsp3) is 0.308. The first kappa shape index (κ1) is 12.1. The Labute approximate surface area is 106 Å². The highest BCUT2D eigenvalue weighted by molar-refractivity contribution is 7.11. The molecule has 0 radical (unpaired) electrons. The maximum absolute atomic E-state index is 4.14. The van der Waals surface area contributed by atoms with Gasteiger partial charge in [0.1, 0.15) is 0 Å². The normalized spacial score (nSPS) is 10.6. The van der Waals surface area contributed by atoms with Gasteiger partial charge in [-0.3, -0.25) is 0 Å². The van der Waals surface area contributed by atoms with Crippen LogP contribution in [-0.4, -0.2) is 9.78 Å². The minimum atomic E-state index is 0.840. The molecule has 0 amide bonds. The van der Waals surface area contributed by atoms with Crippen molar-refractivity contribution in [3.8, 4) is 0 Å². The van der Waals surface area contributed by atoms with E-state index in [-0.39, 0.29) is 0 Å². The van der Waals surface area contributed by atoms with E-state index in [0.717, 1.165) is 19.5 Å². The zero-order valence-corrected chi connectivity index (χ0v) is 10.8. The average Bonchev–Trinajstić information content (AvgIpc) is 2.97. The van der Waals surface area contributed by atoms with E-state index in [1.807, 2.05) is 23.7 Å². The Morgan fingerprint density at radius 2 is 2.24 bits per heavy atom. The number of hydrogen-bond donors (Lipinski definition) is 1. The molecule has 0 bridgehead atoms. The van der Waals surface area contributed by atoms with Gasteiger partial charge in [0, 0.05) is 40.8 Å². The molecule has 0 saturated heterocycles. The molecule has 0 aliphatic heterocycles. The van der Waals surface area contributed by atoms with Gasteiger partial charge < -0.3 is 5.32 Å². The number of nitrogens with zero attached hydrogens (tertiary/aromatic N) is 2. The topological polar surface area (TPSA) is 29.9 Å². The fourth-order valence-corrected chi connectivity index (χ4v) is 2.53. The second-order valence-electron chi connectivity index (χ2n) is 3.84. The van der Waals surface area contributed by atoms with Crippen molar-refractivity contribution in [3.63, 3.8) is 0 Å². The molecule has 2 rings (SSSR count). The number of hydrogen-bond acceptors (Lipinski definition) is 3. The number of rotatable bonds is 6. The van der Waals surface area contributed by atoms with Crippen molar-refractivity contribution < 1.29 is 0 Å². The van der Waals surface area contributed by atoms with Crippen LogP contribution in [0.2, 0.25) is 0 Å². The molecule has 0 atom stereocenters. The van der Waals surface area contributed by atoms with Gasteiger partial charge in [-0.25, -0.2) is 4.68 Å². The van der Waals surface area contributed by atoms with Crippen molar-refractivity contribution in [1.29, 1.82) is 0 Å². The van der Waals surface area contributed by atoms with Crippen LogP contribution in [0, 0.1) is 0 Å². The lowest BCUT2D eigenvalue weighted by molar-refractivity contribution is 0.701. The van der Waals surface area contributed by atoms with Gasteiger partial charge in [0.05, 0.1) is 6.20 Å². The van der Waals surface area contributed by atoms with E-state index in [0.29, 0.717) is 0 Å². The van der Waals surface area contributed by atoms with Gasteiger partial charge in [-0.15, -0.1) is 11.3 Å². The van der Waals surface area contributed by atoms with E-state index in [1.165, 1.54) is 15.3 Å². The summed E-state index contributed by atoms with van der Waals surface area (Å²) in [5.41, 5.74) is 1.18. The van der Waals surface area contributed by atoms with Crippen LogP contribution >= 0.6 is 11.3 Å². The molecule has 90 valence electrons. The standard InChI is InChI=1S/C13H17N3S/c1-3-12-5-6-13(17-12)9-14-7-11-8-15-16(4-2)10-11/h4-6,8,10,14H,2-3,7,9H2,1H3. The summed E-state index contributed by atoms with van der Waals surface area (Å²) in [4.78, 5) is 2.83. The number of thiophene rings is 1. The molecule has 17 heavy (non-hydrogen) atoms. The summed E-state index contributed by atoms with van der Waals surface area (Å²) in [5, 5.41) is 7.55. The smallest absolute Gasteiger partial charge is 0.0538 e. The summed E-state index contributed by atoms with van der Waals surface area (Å²) in [5.74, 6) is 0. The molecule has 0 saturated carbocycles. The second kappa shape index (κ2) is 5.80. The third-order valence-corrected chi connectivity index (χ3v) is 3.77. The van der Waals surface area contributed by atoms with Crippen molar-refractivity contribution in [3.05, 3.63) is 46.4 Å². The fourth-order valence-electron chi connectivity index (χ4n) is 1.61. The Morgan fingerprint density at radius 3 is 2.88 bits per heavy atom. The van der Waals surface area contributed by atoms with E-state index in [1.54, 1.807) is 10.9 Å². The van der Waals surface area contributed by atoms with Crippen LogP contribution in [0.15, 0.2) is 31.1 Å². The lowest BCUT2D eigenvalue weighted by Crippen LogP contribution is -2.11. The summed E-state index contributed by atoms with van der Waals surface area (Å²) in [6, 6.07) is 4.40. The monoisotopic (exact) mass is 247 g/mol. The Kier molecular flexibility index (Phi) is 4.12. The molecule has 3 nitrogen and oxygen atoms in total. The van der Waals surface area contributed by atoms with Gasteiger partial charge in [0.2, 0.25) is 0 Å². The number of nitrogens with one attached hydrogen (secondary N) is 1. The molecule has 0 fully saturated rings. The van der Waals surface area contributed by atoms with Crippen molar-refractivity contribution >= 4 is 17.5 Å². The average molecular weight is 247 g/mol.